The summed E-state index contributed by atoms with van der Waals surface area (Å²) in [5.41, 5.74) is 6.23. The lowest BCUT2D eigenvalue weighted by Crippen LogP contribution is -2.29. The highest BCUT2D eigenvalue weighted by atomic mass is 16.5. The largest absolute Gasteiger partial charge is 0.473 e. The zero-order valence-corrected chi connectivity index (χ0v) is 23.5. The molecule has 1 aromatic heterocycles. The number of pyridine rings is 1. The van der Waals surface area contributed by atoms with E-state index in [0.29, 0.717) is 30.2 Å². The smallest absolute Gasteiger partial charge is 0.319 e. The summed E-state index contributed by atoms with van der Waals surface area (Å²) in [5, 5.41) is 5.92. The number of nitrogens with zero attached hydrogens (tertiary/aromatic N) is 1. The van der Waals surface area contributed by atoms with E-state index in [-0.39, 0.29) is 11.8 Å². The number of ketones is 1. The highest BCUT2D eigenvalue weighted by Crippen LogP contribution is 2.22. The first-order valence-corrected chi connectivity index (χ1v) is 13.8. The molecule has 0 aliphatic heterocycles. The molecule has 6 heteroatoms. The third-order valence-corrected chi connectivity index (χ3v) is 6.54. The molecule has 0 saturated heterocycles. The lowest BCUT2D eigenvalue weighted by molar-refractivity contribution is 0.104. The molecule has 6 nitrogen and oxygen atoms in total. The Hall–Kier alpha value is -4.97. The van der Waals surface area contributed by atoms with Crippen molar-refractivity contribution >= 4 is 29.7 Å². The number of urea groups is 1. The van der Waals surface area contributed by atoms with Gasteiger partial charge in [0.1, 0.15) is 6.61 Å². The van der Waals surface area contributed by atoms with Crippen LogP contribution in [0.5, 0.6) is 5.88 Å². The van der Waals surface area contributed by atoms with Crippen LogP contribution >= 0.6 is 0 Å². The molecule has 2 N–H and O–H groups in total. The van der Waals surface area contributed by atoms with Gasteiger partial charge in [0.2, 0.25) is 5.88 Å². The maximum atomic E-state index is 13.0. The summed E-state index contributed by atoms with van der Waals surface area (Å²) < 4.78 is 5.84. The summed E-state index contributed by atoms with van der Waals surface area (Å²) >= 11 is 0. The number of ether oxygens (including phenoxy) is 1. The monoisotopic (exact) mass is 545 g/mol. The van der Waals surface area contributed by atoms with E-state index < -0.39 is 0 Å². The third kappa shape index (κ3) is 8.51. The molecule has 4 aromatic rings. The minimum Gasteiger partial charge on any atom is -0.473 e. The fraction of sp³-hybridized carbons (Fsp3) is 0.171. The van der Waals surface area contributed by atoms with E-state index in [0.717, 1.165) is 40.8 Å². The Labute approximate surface area is 241 Å². The topological polar surface area (TPSA) is 80.3 Å². The van der Waals surface area contributed by atoms with E-state index in [1.807, 2.05) is 78.9 Å². The van der Waals surface area contributed by atoms with Gasteiger partial charge in [0, 0.05) is 29.6 Å². The molecule has 1 heterocycles. The van der Waals surface area contributed by atoms with Gasteiger partial charge < -0.3 is 15.4 Å². The van der Waals surface area contributed by atoms with Gasteiger partial charge in [0.15, 0.2) is 5.78 Å². The van der Waals surface area contributed by atoms with E-state index in [1.165, 1.54) is 6.08 Å². The molecule has 0 radical (unpaired) electrons. The zero-order valence-electron chi connectivity index (χ0n) is 23.5. The number of aromatic nitrogens is 1. The van der Waals surface area contributed by atoms with Gasteiger partial charge in [0.25, 0.3) is 0 Å². The number of allylic oxidation sites excluding steroid dienone is 1. The predicted octanol–water partition coefficient (Wildman–Crippen LogP) is 7.52. The Morgan fingerprint density at radius 1 is 0.854 bits per heavy atom. The van der Waals surface area contributed by atoms with Gasteiger partial charge in [-0.15, -0.1) is 0 Å². The average Bonchev–Trinajstić information content (AvgIpc) is 3.02. The van der Waals surface area contributed by atoms with Gasteiger partial charge in [-0.1, -0.05) is 86.7 Å². The van der Waals surface area contributed by atoms with Crippen LogP contribution in [-0.2, 0) is 19.4 Å². The molecule has 0 aliphatic carbocycles. The van der Waals surface area contributed by atoms with E-state index in [1.54, 1.807) is 30.5 Å². The molecule has 3 aromatic carbocycles. The molecular weight excluding hydrogens is 510 g/mol. The summed E-state index contributed by atoms with van der Waals surface area (Å²) in [6.45, 7) is 4.79. The zero-order chi connectivity index (χ0) is 28.9. The van der Waals surface area contributed by atoms with Gasteiger partial charge >= 0.3 is 6.03 Å². The van der Waals surface area contributed by atoms with Gasteiger partial charge in [-0.05, 0) is 71.5 Å². The van der Waals surface area contributed by atoms with Crippen LogP contribution in [0.4, 0.5) is 10.5 Å². The number of amides is 2. The first-order valence-electron chi connectivity index (χ1n) is 13.8. The highest BCUT2D eigenvalue weighted by molar-refractivity contribution is 6.07. The number of para-hydroxylation sites is 1. The Kier molecular flexibility index (Phi) is 10.6. The molecule has 0 spiro atoms. The predicted molar refractivity (Wildman–Crippen MR) is 166 cm³/mol. The fourth-order valence-corrected chi connectivity index (χ4v) is 4.37. The number of hydrogen-bond acceptors (Lipinski definition) is 4. The number of carbonyl (C=O) groups is 2. The maximum Gasteiger partial charge on any atom is 0.319 e. The Bertz CT molecular complexity index is 1500. The summed E-state index contributed by atoms with van der Waals surface area (Å²) in [6.07, 6.45) is 10.5. The molecule has 0 atom stereocenters. The van der Waals surface area contributed by atoms with Crippen LogP contribution in [0.1, 0.15) is 52.0 Å². The number of nitrogens with one attached hydrogen (secondary N) is 2. The number of benzene rings is 3. The standard InChI is InChI=1S/C35H35N3O3/c1-3-28-16-9-17-29(4-2)33(28)38-35(40)37-25-27-14-8-18-31(24-27)32(39)21-20-30-19-10-22-36-34(30)41-23-11-15-26-12-6-5-7-13-26/h5-22,24H,3-4,23,25H2,1-2H3,(H2,37,38,40). The van der Waals surface area contributed by atoms with Crippen LogP contribution in [-0.4, -0.2) is 23.4 Å². The van der Waals surface area contributed by atoms with E-state index in [2.05, 4.69) is 29.5 Å². The van der Waals surface area contributed by atoms with Crippen molar-refractivity contribution in [2.24, 2.45) is 0 Å². The first kappa shape index (κ1) is 29.0. The normalized spacial score (nSPS) is 11.1. The maximum absolute atomic E-state index is 13.0. The van der Waals surface area contributed by atoms with Crippen molar-refractivity contribution in [2.45, 2.75) is 33.2 Å². The molecule has 0 unspecified atom stereocenters. The molecule has 4 rings (SSSR count). The lowest BCUT2D eigenvalue weighted by Gasteiger charge is -2.15. The van der Waals surface area contributed by atoms with Crippen LogP contribution in [0.2, 0.25) is 0 Å². The van der Waals surface area contributed by atoms with Gasteiger partial charge in [0.05, 0.1) is 0 Å². The number of hydrogen-bond donors (Lipinski definition) is 2. The first-order chi connectivity index (χ1) is 20.1. The van der Waals surface area contributed by atoms with E-state index in [4.69, 9.17) is 4.74 Å². The Morgan fingerprint density at radius 3 is 2.37 bits per heavy atom. The number of anilines is 1. The van der Waals surface area contributed by atoms with E-state index in [9.17, 15) is 9.59 Å². The van der Waals surface area contributed by atoms with E-state index >= 15 is 0 Å². The molecule has 0 fully saturated rings. The van der Waals surface area contributed by atoms with Gasteiger partial charge in [-0.25, -0.2) is 9.78 Å². The molecule has 41 heavy (non-hydrogen) atoms. The van der Waals surface area contributed by atoms with Crippen LogP contribution in [0, 0.1) is 0 Å². The molecular formula is C35H35N3O3. The summed E-state index contributed by atoms with van der Waals surface area (Å²) in [5.74, 6) is 0.300. The van der Waals surface area contributed by atoms with Crippen molar-refractivity contribution in [1.82, 2.24) is 10.3 Å². The molecule has 208 valence electrons. The summed E-state index contributed by atoms with van der Waals surface area (Å²) in [6, 6.07) is 26.7. The Balaban J connectivity index is 1.34. The highest BCUT2D eigenvalue weighted by Gasteiger charge is 2.11. The summed E-state index contributed by atoms with van der Waals surface area (Å²) in [4.78, 5) is 30.0. The van der Waals surface area contributed by atoms with Crippen molar-refractivity contribution < 1.29 is 14.3 Å². The Morgan fingerprint density at radius 2 is 1.61 bits per heavy atom. The molecule has 0 bridgehead atoms. The van der Waals surface area contributed by atoms with Crippen molar-refractivity contribution in [1.29, 1.82) is 0 Å². The van der Waals surface area contributed by atoms with Crippen LogP contribution in [0.3, 0.4) is 0 Å². The second-order valence-corrected chi connectivity index (χ2v) is 9.39. The number of aryl methyl sites for hydroxylation is 2. The van der Waals surface area contributed by atoms with Crippen molar-refractivity contribution in [3.05, 3.63) is 137 Å². The minimum absolute atomic E-state index is 0.153. The summed E-state index contributed by atoms with van der Waals surface area (Å²) in [7, 11) is 0. The van der Waals surface area contributed by atoms with Crippen molar-refractivity contribution in [2.75, 3.05) is 11.9 Å². The number of carbonyl (C=O) groups excluding carboxylic acids is 2. The second-order valence-electron chi connectivity index (χ2n) is 9.39. The molecule has 0 saturated carbocycles. The minimum atomic E-state index is -0.278. The number of rotatable bonds is 12. The lowest BCUT2D eigenvalue weighted by atomic mass is 10.0. The van der Waals surface area contributed by atoms with Gasteiger partial charge in [-0.2, -0.15) is 0 Å². The van der Waals surface area contributed by atoms with Gasteiger partial charge in [-0.3, -0.25) is 4.79 Å². The molecule has 0 aliphatic rings. The van der Waals surface area contributed by atoms with Crippen LogP contribution < -0.4 is 15.4 Å². The fourth-order valence-electron chi connectivity index (χ4n) is 4.37. The van der Waals surface area contributed by atoms with Crippen molar-refractivity contribution in [3.63, 3.8) is 0 Å². The SMILES string of the molecule is CCc1cccc(CC)c1NC(=O)NCc1cccc(C(=O)C=Cc2cccnc2OCC=Cc2ccccc2)c1. The molecule has 2 amide bonds. The van der Waals surface area contributed by atoms with Crippen molar-refractivity contribution in [3.8, 4) is 5.88 Å². The second kappa shape index (κ2) is 15.0. The van der Waals surface area contributed by atoms with Crippen LogP contribution in [0.25, 0.3) is 12.2 Å². The quantitative estimate of drug-likeness (QED) is 0.143. The van der Waals surface area contributed by atoms with Crippen LogP contribution in [0.15, 0.2) is 103 Å². The third-order valence-electron chi connectivity index (χ3n) is 6.54. The average molecular weight is 546 g/mol.